The molecule has 2 aromatic rings. The van der Waals surface area contributed by atoms with Gasteiger partial charge in [0.05, 0.1) is 31.0 Å². The van der Waals surface area contributed by atoms with Gasteiger partial charge in [0.1, 0.15) is 5.69 Å². The second kappa shape index (κ2) is 7.22. The van der Waals surface area contributed by atoms with Crippen molar-refractivity contribution < 1.29 is 18.4 Å². The Morgan fingerprint density at radius 1 is 1.27 bits per heavy atom. The molecule has 0 spiro atoms. The third-order valence-electron chi connectivity index (χ3n) is 4.13. The normalized spacial score (nSPS) is 14.0. The molecule has 0 bridgehead atoms. The molecule has 1 aliphatic heterocycles. The summed E-state index contributed by atoms with van der Waals surface area (Å²) in [6.45, 7) is 2.78. The lowest BCUT2D eigenvalue weighted by atomic mass is 10.1. The number of aromatic nitrogens is 4. The summed E-state index contributed by atoms with van der Waals surface area (Å²) in [4.78, 5) is 25.9. The van der Waals surface area contributed by atoms with Gasteiger partial charge in [-0.15, -0.1) is 0 Å². The Bertz CT molecular complexity index is 814. The van der Waals surface area contributed by atoms with Crippen LogP contribution in [0, 0.1) is 5.92 Å². The number of hydrogen-bond donors (Lipinski definition) is 1. The molecule has 0 saturated heterocycles. The van der Waals surface area contributed by atoms with Crippen LogP contribution in [0.25, 0.3) is 0 Å². The van der Waals surface area contributed by atoms with Crippen molar-refractivity contribution in [1.29, 1.82) is 0 Å². The quantitative estimate of drug-likeness (QED) is 0.867. The first kappa shape index (κ1) is 18.0. The van der Waals surface area contributed by atoms with Crippen molar-refractivity contribution in [2.24, 2.45) is 5.92 Å². The van der Waals surface area contributed by atoms with Crippen molar-refractivity contribution >= 4 is 11.8 Å². The molecular weight excluding hydrogens is 346 g/mol. The minimum atomic E-state index is -2.78. The van der Waals surface area contributed by atoms with Gasteiger partial charge >= 0.3 is 6.55 Å². The zero-order valence-electron chi connectivity index (χ0n) is 14.5. The topological polar surface area (TPSA) is 85.0 Å². The van der Waals surface area contributed by atoms with Gasteiger partial charge in [-0.2, -0.15) is 19.0 Å². The van der Waals surface area contributed by atoms with Crippen LogP contribution in [0.3, 0.4) is 0 Å². The van der Waals surface area contributed by atoms with Crippen molar-refractivity contribution in [3.63, 3.8) is 0 Å². The van der Waals surface area contributed by atoms with E-state index in [9.17, 15) is 18.4 Å². The highest BCUT2D eigenvalue weighted by molar-refractivity contribution is 5.92. The molecule has 0 unspecified atom stereocenters. The van der Waals surface area contributed by atoms with E-state index in [1.807, 2.05) is 24.6 Å². The highest BCUT2D eigenvalue weighted by atomic mass is 19.3. The first-order chi connectivity index (χ1) is 12.3. The summed E-state index contributed by atoms with van der Waals surface area (Å²) < 4.78 is 27.2. The fourth-order valence-electron chi connectivity index (χ4n) is 2.79. The summed E-state index contributed by atoms with van der Waals surface area (Å²) in [6.07, 6.45) is 1.05. The van der Waals surface area contributed by atoms with Crippen LogP contribution in [0.15, 0.2) is 18.3 Å². The molecule has 140 valence electrons. The number of amides is 2. The van der Waals surface area contributed by atoms with E-state index in [-0.39, 0.29) is 24.1 Å². The highest BCUT2D eigenvalue weighted by Crippen LogP contribution is 2.16. The largest absolute Gasteiger partial charge is 0.345 e. The van der Waals surface area contributed by atoms with Crippen LogP contribution in [0.4, 0.5) is 8.78 Å². The Morgan fingerprint density at radius 2 is 2.04 bits per heavy atom. The average Bonchev–Trinajstić information content (AvgIpc) is 3.24. The maximum absolute atomic E-state index is 12.5. The number of fused-ring (bicyclic) bond motifs is 1. The Hall–Kier alpha value is -2.78. The molecule has 26 heavy (non-hydrogen) atoms. The van der Waals surface area contributed by atoms with Gasteiger partial charge in [-0.05, 0) is 12.1 Å². The van der Waals surface area contributed by atoms with Gasteiger partial charge in [0.2, 0.25) is 5.91 Å². The molecule has 2 amide bonds. The smallest absolute Gasteiger partial charge is 0.333 e. The van der Waals surface area contributed by atoms with Gasteiger partial charge in [-0.3, -0.25) is 14.3 Å². The Balaban J connectivity index is 1.60. The molecule has 0 atom stereocenters. The molecule has 0 aliphatic carbocycles. The lowest BCUT2D eigenvalue weighted by molar-refractivity contribution is -0.136. The minimum absolute atomic E-state index is 0.0590. The van der Waals surface area contributed by atoms with Gasteiger partial charge in [0.25, 0.3) is 5.91 Å². The zero-order valence-corrected chi connectivity index (χ0v) is 14.5. The summed E-state index contributed by atoms with van der Waals surface area (Å²) in [5.74, 6) is -0.509. The van der Waals surface area contributed by atoms with E-state index >= 15 is 0 Å². The molecule has 1 N–H and O–H groups in total. The van der Waals surface area contributed by atoms with E-state index in [0.717, 1.165) is 11.9 Å². The Morgan fingerprint density at radius 3 is 2.69 bits per heavy atom. The number of nitrogens with one attached hydrogen (secondary N) is 1. The molecule has 10 heteroatoms. The maximum Gasteiger partial charge on any atom is 0.333 e. The van der Waals surface area contributed by atoms with E-state index < -0.39 is 12.5 Å². The van der Waals surface area contributed by atoms with Crippen LogP contribution >= 0.6 is 0 Å². The first-order valence-electron chi connectivity index (χ1n) is 8.31. The van der Waals surface area contributed by atoms with E-state index in [4.69, 9.17) is 0 Å². The third kappa shape index (κ3) is 3.73. The van der Waals surface area contributed by atoms with Crippen LogP contribution in [-0.4, -0.2) is 42.8 Å². The summed E-state index contributed by atoms with van der Waals surface area (Å²) in [7, 11) is 0. The standard InChI is InChI=1S/C16H20F2N6O2/c1-10(2)15(26)22-5-6-23-12(9-22)7-11(20-23)8-19-14(25)13-3-4-24(21-13)16(17)18/h3-4,7,10,16H,5-6,8-9H2,1-2H3,(H,19,25). The van der Waals surface area contributed by atoms with Crippen LogP contribution in [0.5, 0.6) is 0 Å². The third-order valence-corrected chi connectivity index (χ3v) is 4.13. The van der Waals surface area contributed by atoms with E-state index in [0.29, 0.717) is 30.0 Å². The van der Waals surface area contributed by atoms with Crippen LogP contribution in [0.1, 0.15) is 42.3 Å². The monoisotopic (exact) mass is 366 g/mol. The number of hydrogen-bond acceptors (Lipinski definition) is 4. The maximum atomic E-state index is 12.5. The summed E-state index contributed by atoms with van der Waals surface area (Å²) in [5, 5.41) is 10.5. The van der Waals surface area contributed by atoms with E-state index in [2.05, 4.69) is 15.5 Å². The molecule has 0 aromatic carbocycles. The summed E-state index contributed by atoms with van der Waals surface area (Å²) in [6, 6.07) is 3.06. The predicted octanol–water partition coefficient (Wildman–Crippen LogP) is 1.40. The second-order valence-corrected chi connectivity index (χ2v) is 6.41. The minimum Gasteiger partial charge on any atom is -0.345 e. The van der Waals surface area contributed by atoms with Gasteiger partial charge in [-0.25, -0.2) is 4.68 Å². The van der Waals surface area contributed by atoms with Gasteiger partial charge in [-0.1, -0.05) is 13.8 Å². The molecule has 3 heterocycles. The number of rotatable bonds is 5. The molecule has 1 aliphatic rings. The molecule has 3 rings (SSSR count). The summed E-state index contributed by atoms with van der Waals surface area (Å²) >= 11 is 0. The fraction of sp³-hybridized carbons (Fsp3) is 0.500. The number of halogens is 2. The lowest BCUT2D eigenvalue weighted by Crippen LogP contribution is -2.40. The van der Waals surface area contributed by atoms with Crippen molar-refractivity contribution in [3.05, 3.63) is 35.4 Å². The molecule has 0 radical (unpaired) electrons. The van der Waals surface area contributed by atoms with Gasteiger partial charge in [0, 0.05) is 18.7 Å². The lowest BCUT2D eigenvalue weighted by Gasteiger charge is -2.29. The zero-order chi connectivity index (χ0) is 18.8. The predicted molar refractivity (Wildman–Crippen MR) is 87.1 cm³/mol. The SMILES string of the molecule is CC(C)C(=O)N1CCn2nc(CNC(=O)c3ccn(C(F)F)n3)cc2C1. The van der Waals surface area contributed by atoms with Crippen LogP contribution in [-0.2, 0) is 24.4 Å². The van der Waals surface area contributed by atoms with E-state index in [1.54, 1.807) is 4.90 Å². The number of carbonyl (C=O) groups excluding carboxylic acids is 2. The summed E-state index contributed by atoms with van der Waals surface area (Å²) in [5.41, 5.74) is 1.46. The van der Waals surface area contributed by atoms with Crippen molar-refractivity contribution in [2.45, 2.75) is 40.0 Å². The van der Waals surface area contributed by atoms with E-state index in [1.165, 1.54) is 6.07 Å². The molecule has 8 nitrogen and oxygen atoms in total. The highest BCUT2D eigenvalue weighted by Gasteiger charge is 2.24. The van der Waals surface area contributed by atoms with Crippen LogP contribution < -0.4 is 5.32 Å². The number of carbonyl (C=O) groups is 2. The number of nitrogens with zero attached hydrogens (tertiary/aromatic N) is 5. The fourth-order valence-corrected chi connectivity index (χ4v) is 2.79. The molecule has 0 fully saturated rings. The molecule has 0 saturated carbocycles. The van der Waals surface area contributed by atoms with Crippen molar-refractivity contribution in [1.82, 2.24) is 29.8 Å². The Kier molecular flexibility index (Phi) is 5.01. The Labute approximate surface area is 148 Å². The van der Waals surface area contributed by atoms with Gasteiger partial charge < -0.3 is 10.2 Å². The van der Waals surface area contributed by atoms with Crippen molar-refractivity contribution in [2.75, 3.05) is 6.54 Å². The van der Waals surface area contributed by atoms with Crippen LogP contribution in [0.2, 0.25) is 0 Å². The molecular formula is C16H20F2N6O2. The van der Waals surface area contributed by atoms with Crippen molar-refractivity contribution in [3.8, 4) is 0 Å². The molecule has 2 aromatic heterocycles. The van der Waals surface area contributed by atoms with Gasteiger partial charge in [0.15, 0.2) is 0 Å². The number of alkyl halides is 2. The first-order valence-corrected chi connectivity index (χ1v) is 8.31. The average molecular weight is 366 g/mol. The second-order valence-electron chi connectivity index (χ2n) is 6.41.